The van der Waals surface area contributed by atoms with Gasteiger partial charge in [0.05, 0.1) is 11.7 Å². The second-order valence-electron chi connectivity index (χ2n) is 5.36. The molecule has 114 valence electrons. The molecule has 1 N–H and O–H groups in total. The summed E-state index contributed by atoms with van der Waals surface area (Å²) in [7, 11) is 0. The SMILES string of the molecule is FC(F)Sc1ccccc1NC1=NC2CCCCC2CS1. The first-order chi connectivity index (χ1) is 10.2. The Morgan fingerprint density at radius 2 is 2.05 bits per heavy atom. The van der Waals surface area contributed by atoms with Crippen molar-refractivity contribution in [1.82, 2.24) is 0 Å². The van der Waals surface area contributed by atoms with E-state index in [9.17, 15) is 8.78 Å². The fraction of sp³-hybridized carbons (Fsp3) is 0.533. The molecule has 2 nitrogen and oxygen atoms in total. The van der Waals surface area contributed by atoms with E-state index in [0.717, 1.165) is 23.0 Å². The molecule has 0 aromatic heterocycles. The molecule has 6 heteroatoms. The van der Waals surface area contributed by atoms with Crippen molar-refractivity contribution in [3.63, 3.8) is 0 Å². The minimum absolute atomic E-state index is 0.414. The van der Waals surface area contributed by atoms with Crippen LogP contribution in [0.3, 0.4) is 0 Å². The maximum Gasteiger partial charge on any atom is 0.288 e. The van der Waals surface area contributed by atoms with Crippen LogP contribution in [0.25, 0.3) is 0 Å². The Hall–Kier alpha value is -0.750. The van der Waals surface area contributed by atoms with E-state index in [4.69, 9.17) is 4.99 Å². The minimum atomic E-state index is -2.41. The van der Waals surface area contributed by atoms with E-state index < -0.39 is 5.76 Å². The topological polar surface area (TPSA) is 24.4 Å². The van der Waals surface area contributed by atoms with E-state index in [-0.39, 0.29) is 0 Å². The van der Waals surface area contributed by atoms with Crippen LogP contribution in [-0.4, -0.2) is 22.7 Å². The van der Waals surface area contributed by atoms with E-state index in [1.54, 1.807) is 23.9 Å². The summed E-state index contributed by atoms with van der Waals surface area (Å²) >= 11 is 2.29. The molecule has 1 saturated carbocycles. The molecule has 1 aromatic carbocycles. The number of anilines is 1. The lowest BCUT2D eigenvalue weighted by Gasteiger charge is -2.32. The number of fused-ring (bicyclic) bond motifs is 1. The molecule has 1 aromatic rings. The molecule has 1 aliphatic heterocycles. The van der Waals surface area contributed by atoms with Gasteiger partial charge >= 0.3 is 0 Å². The predicted molar refractivity (Wildman–Crippen MR) is 87.6 cm³/mol. The van der Waals surface area contributed by atoms with E-state index in [1.165, 1.54) is 19.3 Å². The number of para-hydroxylation sites is 1. The van der Waals surface area contributed by atoms with Crippen LogP contribution in [-0.2, 0) is 0 Å². The highest BCUT2D eigenvalue weighted by atomic mass is 32.2. The quantitative estimate of drug-likeness (QED) is 0.784. The van der Waals surface area contributed by atoms with Gasteiger partial charge in [-0.2, -0.15) is 8.78 Å². The minimum Gasteiger partial charge on any atom is -0.334 e. The molecule has 21 heavy (non-hydrogen) atoms. The molecule has 1 aliphatic carbocycles. The molecule has 0 spiro atoms. The summed E-state index contributed by atoms with van der Waals surface area (Å²) in [6.45, 7) is 0. The number of hydrogen-bond donors (Lipinski definition) is 1. The van der Waals surface area contributed by atoms with Crippen molar-refractivity contribution < 1.29 is 8.78 Å². The number of thioether (sulfide) groups is 2. The summed E-state index contributed by atoms with van der Waals surface area (Å²) in [6.07, 6.45) is 4.99. The first-order valence-electron chi connectivity index (χ1n) is 7.24. The fourth-order valence-electron chi connectivity index (χ4n) is 2.88. The van der Waals surface area contributed by atoms with Crippen LogP contribution in [0.1, 0.15) is 25.7 Å². The zero-order valence-electron chi connectivity index (χ0n) is 11.6. The number of rotatable bonds is 3. The van der Waals surface area contributed by atoms with Crippen molar-refractivity contribution in [2.24, 2.45) is 10.9 Å². The second kappa shape index (κ2) is 7.01. The number of hydrogen-bond acceptors (Lipinski definition) is 4. The van der Waals surface area contributed by atoms with Crippen LogP contribution in [0.5, 0.6) is 0 Å². The van der Waals surface area contributed by atoms with Crippen molar-refractivity contribution in [3.05, 3.63) is 24.3 Å². The predicted octanol–water partition coefficient (Wildman–Crippen LogP) is 5.07. The fourth-order valence-corrected chi connectivity index (χ4v) is 4.63. The molecule has 0 radical (unpaired) electrons. The van der Waals surface area contributed by atoms with Gasteiger partial charge in [-0.1, -0.05) is 48.5 Å². The third-order valence-corrected chi connectivity index (χ3v) is 5.79. The van der Waals surface area contributed by atoms with Crippen LogP contribution in [0.2, 0.25) is 0 Å². The van der Waals surface area contributed by atoms with E-state index in [2.05, 4.69) is 5.32 Å². The Morgan fingerprint density at radius 1 is 1.24 bits per heavy atom. The normalized spacial score (nSPS) is 25.4. The van der Waals surface area contributed by atoms with Crippen molar-refractivity contribution in [1.29, 1.82) is 0 Å². The largest absolute Gasteiger partial charge is 0.334 e. The molecule has 0 amide bonds. The van der Waals surface area contributed by atoms with Gasteiger partial charge in [0.15, 0.2) is 5.17 Å². The van der Waals surface area contributed by atoms with Crippen LogP contribution < -0.4 is 5.32 Å². The molecular formula is C15H18F2N2S2. The lowest BCUT2D eigenvalue weighted by molar-refractivity contribution is 0.252. The summed E-state index contributed by atoms with van der Waals surface area (Å²) in [4.78, 5) is 5.36. The zero-order chi connectivity index (χ0) is 14.7. The number of halogens is 2. The first kappa shape index (κ1) is 15.2. The standard InChI is InChI=1S/C15H18F2N2S2/c16-14(17)21-13-8-4-3-7-12(13)19-15-18-11-6-2-1-5-10(11)9-20-15/h3-4,7-8,10-11,14H,1-2,5-6,9H2,(H,18,19). The molecular weight excluding hydrogens is 310 g/mol. The summed E-state index contributed by atoms with van der Waals surface area (Å²) in [5.41, 5.74) is 0.725. The third kappa shape index (κ3) is 3.92. The van der Waals surface area contributed by atoms with Crippen LogP contribution in [0, 0.1) is 5.92 Å². The molecule has 1 fully saturated rings. The number of benzene rings is 1. The van der Waals surface area contributed by atoms with E-state index in [0.29, 0.717) is 28.6 Å². The van der Waals surface area contributed by atoms with Gasteiger partial charge in [0.2, 0.25) is 0 Å². The second-order valence-corrected chi connectivity index (χ2v) is 7.40. The summed E-state index contributed by atoms with van der Waals surface area (Å²) < 4.78 is 25.2. The van der Waals surface area contributed by atoms with Gasteiger partial charge in [-0.05, 0) is 30.9 Å². The summed E-state index contributed by atoms with van der Waals surface area (Å²) in [5.74, 6) is -0.627. The highest BCUT2D eigenvalue weighted by Crippen LogP contribution is 2.36. The van der Waals surface area contributed by atoms with Crippen molar-refractivity contribution in [2.75, 3.05) is 11.1 Å². The molecule has 3 rings (SSSR count). The Balaban J connectivity index is 1.73. The van der Waals surface area contributed by atoms with Gasteiger partial charge in [-0.3, -0.25) is 4.99 Å². The van der Waals surface area contributed by atoms with E-state index >= 15 is 0 Å². The smallest absolute Gasteiger partial charge is 0.288 e. The average molecular weight is 328 g/mol. The number of nitrogens with one attached hydrogen (secondary N) is 1. The first-order valence-corrected chi connectivity index (χ1v) is 9.10. The maximum atomic E-state index is 12.6. The molecule has 0 saturated heterocycles. The molecule has 1 heterocycles. The van der Waals surface area contributed by atoms with Crippen molar-refractivity contribution in [2.45, 2.75) is 42.4 Å². The Bertz CT molecular complexity index is 522. The van der Waals surface area contributed by atoms with Gasteiger partial charge in [-0.25, -0.2) is 0 Å². The number of amidine groups is 1. The monoisotopic (exact) mass is 328 g/mol. The van der Waals surface area contributed by atoms with Gasteiger partial charge in [0.25, 0.3) is 5.76 Å². The number of alkyl halides is 2. The van der Waals surface area contributed by atoms with Gasteiger partial charge in [0, 0.05) is 10.6 Å². The summed E-state index contributed by atoms with van der Waals surface area (Å²) in [6, 6.07) is 7.60. The summed E-state index contributed by atoms with van der Waals surface area (Å²) in [5, 5.41) is 4.12. The zero-order valence-corrected chi connectivity index (χ0v) is 13.2. The van der Waals surface area contributed by atoms with Crippen molar-refractivity contribution >= 4 is 34.4 Å². The van der Waals surface area contributed by atoms with Gasteiger partial charge in [-0.15, -0.1) is 0 Å². The van der Waals surface area contributed by atoms with Gasteiger partial charge < -0.3 is 5.32 Å². The Morgan fingerprint density at radius 3 is 2.90 bits per heavy atom. The third-order valence-electron chi connectivity index (χ3n) is 3.93. The lowest BCUT2D eigenvalue weighted by atomic mass is 9.86. The molecule has 2 atom stereocenters. The van der Waals surface area contributed by atoms with Gasteiger partial charge in [0.1, 0.15) is 0 Å². The Labute approximate surface area is 132 Å². The lowest BCUT2D eigenvalue weighted by Crippen LogP contribution is -2.31. The maximum absolute atomic E-state index is 12.6. The van der Waals surface area contributed by atoms with Crippen LogP contribution >= 0.6 is 23.5 Å². The van der Waals surface area contributed by atoms with Crippen LogP contribution in [0.15, 0.2) is 34.2 Å². The molecule has 2 unspecified atom stereocenters. The highest BCUT2D eigenvalue weighted by molar-refractivity contribution is 8.14. The molecule has 0 bridgehead atoms. The number of nitrogens with zero attached hydrogens (tertiary/aromatic N) is 1. The van der Waals surface area contributed by atoms with E-state index in [1.807, 2.05) is 12.1 Å². The number of aliphatic imine (C=N–C) groups is 1. The van der Waals surface area contributed by atoms with Crippen LogP contribution in [0.4, 0.5) is 14.5 Å². The Kier molecular flexibility index (Phi) is 5.06. The highest BCUT2D eigenvalue weighted by Gasteiger charge is 2.29. The average Bonchev–Trinajstić information content (AvgIpc) is 2.49. The molecule has 2 aliphatic rings. The van der Waals surface area contributed by atoms with Crippen molar-refractivity contribution in [3.8, 4) is 0 Å².